The van der Waals surface area contributed by atoms with Crippen LogP contribution in [0.4, 0.5) is 18.9 Å². The molecular weight excluding hydrogens is 441 g/mol. The van der Waals surface area contributed by atoms with Gasteiger partial charge in [-0.15, -0.1) is 0 Å². The summed E-state index contributed by atoms with van der Waals surface area (Å²) in [7, 11) is 1.61. The molecule has 2 amide bonds. The molecule has 0 saturated heterocycles. The van der Waals surface area contributed by atoms with Crippen molar-refractivity contribution >= 4 is 29.1 Å². The molecule has 0 fully saturated rings. The van der Waals surface area contributed by atoms with Gasteiger partial charge in [0.25, 0.3) is 11.8 Å². The van der Waals surface area contributed by atoms with Crippen LogP contribution in [-0.4, -0.2) is 66.6 Å². The minimum Gasteiger partial charge on any atom is -0.476 e. The number of aromatic nitrogens is 5. The summed E-state index contributed by atoms with van der Waals surface area (Å²) in [5.41, 5.74) is 11.3. The third-order valence-electron chi connectivity index (χ3n) is 3.51. The molecule has 13 nitrogen and oxygen atoms in total. The molecule has 0 aliphatic heterocycles. The quantitative estimate of drug-likeness (QED) is 0.386. The summed E-state index contributed by atoms with van der Waals surface area (Å²) < 4.78 is 39.9. The number of rotatable bonds is 6. The van der Waals surface area contributed by atoms with Gasteiger partial charge in [-0.25, -0.2) is 9.31 Å². The maximum Gasteiger partial charge on any atom is 0.490 e. The van der Waals surface area contributed by atoms with Crippen LogP contribution in [0.5, 0.6) is 5.88 Å². The lowest BCUT2D eigenvalue weighted by molar-refractivity contribution is -0.192. The third kappa shape index (κ3) is 5.91. The maximum absolute atomic E-state index is 12.5. The van der Waals surface area contributed by atoms with E-state index in [9.17, 15) is 22.8 Å². The lowest BCUT2D eigenvalue weighted by atomic mass is 10.3. The van der Waals surface area contributed by atoms with E-state index in [2.05, 4.69) is 20.5 Å². The molecule has 0 aliphatic rings. The van der Waals surface area contributed by atoms with Crippen molar-refractivity contribution in [3.63, 3.8) is 0 Å². The van der Waals surface area contributed by atoms with Crippen molar-refractivity contribution in [1.29, 1.82) is 0 Å². The van der Waals surface area contributed by atoms with Gasteiger partial charge in [0.1, 0.15) is 12.2 Å². The number of hydrogen-bond acceptors (Lipinski definition) is 8. The molecule has 0 bridgehead atoms. The first-order valence-corrected chi connectivity index (χ1v) is 8.56. The lowest BCUT2D eigenvalue weighted by Gasteiger charge is -2.05. The van der Waals surface area contributed by atoms with Crippen molar-refractivity contribution in [2.75, 3.05) is 18.5 Å². The number of aliphatic carboxylic acids is 1. The number of carbonyl (C=O) groups is 3. The highest BCUT2D eigenvalue weighted by molar-refractivity contribution is 6.10. The Morgan fingerprint density at radius 2 is 1.97 bits per heavy atom. The molecule has 0 atom stereocenters. The van der Waals surface area contributed by atoms with E-state index in [1.54, 1.807) is 19.3 Å². The normalized spacial score (nSPS) is 10.9. The number of aryl methyl sites for hydroxylation is 1. The van der Waals surface area contributed by atoms with E-state index in [4.69, 9.17) is 26.1 Å². The van der Waals surface area contributed by atoms with Gasteiger partial charge < -0.3 is 26.6 Å². The van der Waals surface area contributed by atoms with E-state index in [0.29, 0.717) is 24.7 Å². The number of nitrogens with zero attached hydrogens (tertiary/aromatic N) is 5. The second-order valence-electron chi connectivity index (χ2n) is 5.92. The van der Waals surface area contributed by atoms with Gasteiger partial charge in [-0.3, -0.25) is 14.3 Å². The summed E-state index contributed by atoms with van der Waals surface area (Å²) in [6.45, 7) is 0.646. The number of hydrogen-bond donors (Lipinski definition) is 4. The molecule has 0 saturated carbocycles. The summed E-state index contributed by atoms with van der Waals surface area (Å²) >= 11 is 0. The lowest BCUT2D eigenvalue weighted by Crippen LogP contribution is -2.21. The highest BCUT2D eigenvalue weighted by atomic mass is 19.4. The van der Waals surface area contributed by atoms with Crippen molar-refractivity contribution in [3.05, 3.63) is 35.9 Å². The van der Waals surface area contributed by atoms with Crippen LogP contribution in [0.3, 0.4) is 0 Å². The average Bonchev–Trinajstić information content (AvgIpc) is 3.29. The van der Waals surface area contributed by atoms with E-state index >= 15 is 0 Å². The largest absolute Gasteiger partial charge is 0.490 e. The Labute approximate surface area is 176 Å². The van der Waals surface area contributed by atoms with Gasteiger partial charge in [-0.2, -0.15) is 28.4 Å². The summed E-state index contributed by atoms with van der Waals surface area (Å²) in [5, 5.41) is 17.7. The van der Waals surface area contributed by atoms with Gasteiger partial charge in [-0.05, 0) is 0 Å². The molecular formula is C16H17F3N8O5. The molecule has 3 heterocycles. The van der Waals surface area contributed by atoms with Crippen molar-refractivity contribution < 1.29 is 37.4 Å². The van der Waals surface area contributed by atoms with Crippen LogP contribution in [-0.2, 0) is 11.8 Å². The molecule has 32 heavy (non-hydrogen) atoms. The minimum absolute atomic E-state index is 0.0350. The van der Waals surface area contributed by atoms with Gasteiger partial charge in [0.2, 0.25) is 5.88 Å². The summed E-state index contributed by atoms with van der Waals surface area (Å²) in [4.78, 5) is 37.1. The number of carboxylic acids is 1. The number of fused-ring (bicyclic) bond motifs is 1. The van der Waals surface area contributed by atoms with Crippen LogP contribution in [0.25, 0.3) is 5.65 Å². The van der Waals surface area contributed by atoms with Crippen LogP contribution in [0.1, 0.15) is 20.8 Å². The smallest absolute Gasteiger partial charge is 0.476 e. The van der Waals surface area contributed by atoms with Crippen LogP contribution in [0.2, 0.25) is 0 Å². The number of carboxylic acid groups (broad SMARTS) is 1. The Bertz CT molecular complexity index is 1140. The van der Waals surface area contributed by atoms with Crippen molar-refractivity contribution in [2.24, 2.45) is 18.5 Å². The van der Waals surface area contributed by atoms with Crippen molar-refractivity contribution in [1.82, 2.24) is 24.4 Å². The fraction of sp³-hybridized carbons (Fsp3) is 0.250. The number of halogens is 3. The Morgan fingerprint density at radius 1 is 1.31 bits per heavy atom. The minimum atomic E-state index is -5.08. The third-order valence-corrected chi connectivity index (χ3v) is 3.51. The maximum atomic E-state index is 12.5. The highest BCUT2D eigenvalue weighted by Gasteiger charge is 2.38. The molecule has 3 aromatic rings. The van der Waals surface area contributed by atoms with E-state index < -0.39 is 24.0 Å². The number of ether oxygens (including phenoxy) is 1. The first-order chi connectivity index (χ1) is 14.9. The number of anilines is 1. The topological polar surface area (TPSA) is 193 Å². The van der Waals surface area contributed by atoms with Gasteiger partial charge in [-0.1, -0.05) is 0 Å². The molecule has 16 heteroatoms. The van der Waals surface area contributed by atoms with Crippen LogP contribution in [0, 0.1) is 0 Å². The fourth-order valence-electron chi connectivity index (χ4n) is 2.21. The predicted octanol–water partition coefficient (Wildman–Crippen LogP) is -0.215. The van der Waals surface area contributed by atoms with Crippen molar-refractivity contribution in [3.8, 4) is 5.88 Å². The summed E-state index contributed by atoms with van der Waals surface area (Å²) in [6, 6.07) is 1.61. The highest BCUT2D eigenvalue weighted by Crippen LogP contribution is 2.17. The number of primary amides is 1. The molecule has 3 rings (SSSR count). The Hall–Kier alpha value is -4.21. The summed E-state index contributed by atoms with van der Waals surface area (Å²) in [6.07, 6.45) is -0.624. The molecule has 0 spiro atoms. The molecule has 0 unspecified atom stereocenters. The number of amides is 2. The van der Waals surface area contributed by atoms with Crippen LogP contribution < -0.4 is 21.5 Å². The van der Waals surface area contributed by atoms with Crippen molar-refractivity contribution in [2.45, 2.75) is 6.18 Å². The molecule has 0 aromatic carbocycles. The number of nitrogens with two attached hydrogens (primary N) is 2. The molecule has 0 aliphatic carbocycles. The van der Waals surface area contributed by atoms with Gasteiger partial charge in [0.05, 0.1) is 11.9 Å². The second-order valence-corrected chi connectivity index (χ2v) is 5.92. The predicted molar refractivity (Wildman–Crippen MR) is 101 cm³/mol. The van der Waals surface area contributed by atoms with E-state index in [1.165, 1.54) is 21.6 Å². The molecule has 6 N–H and O–H groups in total. The SMILES string of the molecule is Cn1cc(NC(=O)c2cnn3ccc(OCCN)nc23)c(C(N)=O)n1.O=C(O)C(F)(F)F. The molecule has 172 valence electrons. The standard InChI is InChI=1S/C14H16N8O3.C2HF3O2/c1-21-7-9(11(20-21)12(16)23)18-14(24)8-6-17-22-4-2-10(19-13(8)22)25-5-3-15;3-2(4,5)1(6)7/h2,4,6-7H,3,5,15H2,1H3,(H2,16,23)(H,18,24);(H,6,7). The first-order valence-electron chi connectivity index (χ1n) is 8.56. The summed E-state index contributed by atoms with van der Waals surface area (Å²) in [5.74, 6) is -3.68. The zero-order chi connectivity index (χ0) is 24.1. The van der Waals surface area contributed by atoms with Gasteiger partial charge in [0, 0.05) is 32.1 Å². The van der Waals surface area contributed by atoms with Crippen LogP contribution >= 0.6 is 0 Å². The number of carbonyl (C=O) groups excluding carboxylic acids is 2. The van der Waals surface area contributed by atoms with E-state index in [-0.39, 0.29) is 16.9 Å². The monoisotopic (exact) mass is 458 g/mol. The first kappa shape index (κ1) is 24.1. The fourth-order valence-corrected chi connectivity index (χ4v) is 2.21. The molecule has 0 radical (unpaired) electrons. The number of nitrogens with one attached hydrogen (secondary N) is 1. The van der Waals surface area contributed by atoms with E-state index in [1.807, 2.05) is 0 Å². The molecule has 3 aromatic heterocycles. The Balaban J connectivity index is 0.000000451. The second kappa shape index (κ2) is 9.73. The van der Waals surface area contributed by atoms with Gasteiger partial charge in [0.15, 0.2) is 11.3 Å². The van der Waals surface area contributed by atoms with Gasteiger partial charge >= 0.3 is 12.1 Å². The van der Waals surface area contributed by atoms with Crippen LogP contribution in [0.15, 0.2) is 24.7 Å². The number of alkyl halides is 3. The average molecular weight is 458 g/mol. The van der Waals surface area contributed by atoms with E-state index in [0.717, 1.165) is 0 Å². The Morgan fingerprint density at radius 3 is 2.53 bits per heavy atom. The zero-order valence-corrected chi connectivity index (χ0v) is 16.3. The Kier molecular flexibility index (Phi) is 7.32. The zero-order valence-electron chi connectivity index (χ0n) is 16.3.